The Bertz CT molecular complexity index is 656. The summed E-state index contributed by atoms with van der Waals surface area (Å²) in [6, 6.07) is 0.279. The highest BCUT2D eigenvalue weighted by molar-refractivity contribution is 7.07. The molecule has 5 nitrogen and oxygen atoms in total. The summed E-state index contributed by atoms with van der Waals surface area (Å²) in [5.74, 6) is 1.05. The minimum Gasteiger partial charge on any atom is -0.355 e. The van der Waals surface area contributed by atoms with E-state index in [-0.39, 0.29) is 23.9 Å². The van der Waals surface area contributed by atoms with Gasteiger partial charge in [-0.15, -0.1) is 11.3 Å². The largest absolute Gasteiger partial charge is 0.355 e. The number of hydrogen-bond acceptors (Lipinski definition) is 4. The van der Waals surface area contributed by atoms with E-state index in [9.17, 15) is 9.59 Å². The fraction of sp³-hybridized carbons (Fsp3) is 0.737. The van der Waals surface area contributed by atoms with E-state index in [0.29, 0.717) is 24.8 Å². The lowest BCUT2D eigenvalue weighted by Crippen LogP contribution is -2.52. The summed E-state index contributed by atoms with van der Waals surface area (Å²) in [6.45, 7) is 4.90. The van der Waals surface area contributed by atoms with Crippen molar-refractivity contribution in [2.24, 2.45) is 17.3 Å². The second-order valence-electron chi connectivity index (χ2n) is 8.39. The van der Waals surface area contributed by atoms with Gasteiger partial charge in [-0.25, -0.2) is 4.98 Å². The molecule has 3 heterocycles. The van der Waals surface area contributed by atoms with E-state index >= 15 is 0 Å². The van der Waals surface area contributed by atoms with Crippen LogP contribution < -0.4 is 5.32 Å². The Morgan fingerprint density at radius 2 is 2.16 bits per heavy atom. The number of thiazole rings is 1. The van der Waals surface area contributed by atoms with Crippen molar-refractivity contribution in [2.75, 3.05) is 6.54 Å². The van der Waals surface area contributed by atoms with Gasteiger partial charge in [0.1, 0.15) is 0 Å². The van der Waals surface area contributed by atoms with Crippen LogP contribution in [0.25, 0.3) is 0 Å². The molecule has 2 aliphatic heterocycles. The summed E-state index contributed by atoms with van der Waals surface area (Å²) < 4.78 is 0. The molecule has 3 atom stereocenters. The number of nitrogens with one attached hydrogen (secondary N) is 1. The van der Waals surface area contributed by atoms with Crippen molar-refractivity contribution in [3.63, 3.8) is 0 Å². The Morgan fingerprint density at radius 3 is 2.80 bits per heavy atom. The van der Waals surface area contributed by atoms with Gasteiger partial charge in [0, 0.05) is 36.3 Å². The zero-order valence-corrected chi connectivity index (χ0v) is 15.8. The number of nitrogens with zero attached hydrogens (tertiary/aromatic N) is 2. The van der Waals surface area contributed by atoms with E-state index in [1.165, 1.54) is 0 Å². The predicted molar refractivity (Wildman–Crippen MR) is 97.1 cm³/mol. The third-order valence-corrected chi connectivity index (χ3v) is 6.66. The average molecular weight is 362 g/mol. The molecule has 3 fully saturated rings. The highest BCUT2D eigenvalue weighted by Crippen LogP contribution is 2.53. The average Bonchev–Trinajstić information content (AvgIpc) is 3.04. The number of carbonyl (C=O) groups is 2. The standard InChI is InChI=1S/C19H27N3O2S/c1-12(2)9-20-18(24)19(7-14-10-25-11-21-14)8-15-5-6-16(19)22(15)17(23)13-3-4-13/h10-13,15-16H,3-9H2,1-2H3,(H,20,24)/t15-,16+,19+/m1/s1. The monoisotopic (exact) mass is 361 g/mol. The van der Waals surface area contributed by atoms with Crippen molar-refractivity contribution < 1.29 is 9.59 Å². The van der Waals surface area contributed by atoms with Crippen molar-refractivity contribution in [1.82, 2.24) is 15.2 Å². The zero-order chi connectivity index (χ0) is 17.6. The van der Waals surface area contributed by atoms with Gasteiger partial charge < -0.3 is 10.2 Å². The Labute approximate surface area is 153 Å². The Hall–Kier alpha value is -1.43. The minimum absolute atomic E-state index is 0.0412. The summed E-state index contributed by atoms with van der Waals surface area (Å²) in [5.41, 5.74) is 2.31. The molecule has 6 heteroatoms. The smallest absolute Gasteiger partial charge is 0.228 e. The van der Waals surface area contributed by atoms with Crippen LogP contribution in [0.4, 0.5) is 0 Å². The molecule has 25 heavy (non-hydrogen) atoms. The molecule has 0 spiro atoms. The van der Waals surface area contributed by atoms with Crippen LogP contribution >= 0.6 is 11.3 Å². The first kappa shape index (κ1) is 17.0. The molecule has 1 aromatic rings. The molecule has 4 rings (SSSR count). The maximum absolute atomic E-state index is 13.3. The number of rotatable bonds is 6. The molecule has 1 saturated carbocycles. The molecule has 0 unspecified atom stereocenters. The third kappa shape index (κ3) is 2.98. The highest BCUT2D eigenvalue weighted by atomic mass is 32.1. The number of amides is 2. The van der Waals surface area contributed by atoms with E-state index < -0.39 is 5.41 Å². The summed E-state index contributed by atoms with van der Waals surface area (Å²) in [7, 11) is 0. The van der Waals surface area contributed by atoms with Gasteiger partial charge in [-0.05, 0) is 38.0 Å². The van der Waals surface area contributed by atoms with Crippen molar-refractivity contribution in [3.8, 4) is 0 Å². The van der Waals surface area contributed by atoms with Gasteiger partial charge in [0.05, 0.1) is 16.6 Å². The molecule has 136 valence electrons. The summed E-state index contributed by atoms with van der Waals surface area (Å²) >= 11 is 1.57. The second-order valence-corrected chi connectivity index (χ2v) is 9.11. The third-order valence-electron chi connectivity index (χ3n) is 6.02. The van der Waals surface area contributed by atoms with Gasteiger partial charge in [-0.3, -0.25) is 9.59 Å². The predicted octanol–water partition coefficient (Wildman–Crippen LogP) is 2.62. The van der Waals surface area contributed by atoms with Crippen LogP contribution in [0.5, 0.6) is 0 Å². The zero-order valence-electron chi connectivity index (χ0n) is 15.0. The number of carbonyl (C=O) groups excluding carboxylic acids is 2. The van der Waals surface area contributed by atoms with E-state index in [0.717, 1.165) is 37.8 Å². The molecule has 1 N–H and O–H groups in total. The van der Waals surface area contributed by atoms with E-state index in [2.05, 4.69) is 29.0 Å². The summed E-state index contributed by atoms with van der Waals surface area (Å²) in [5, 5.41) is 5.20. The van der Waals surface area contributed by atoms with Gasteiger partial charge in [0.15, 0.2) is 0 Å². The first-order chi connectivity index (χ1) is 12.0. The van der Waals surface area contributed by atoms with E-state index in [1.807, 2.05) is 10.9 Å². The Morgan fingerprint density at radius 1 is 1.36 bits per heavy atom. The molecular formula is C19H27N3O2S. The fourth-order valence-corrected chi connectivity index (χ4v) is 5.25. The van der Waals surface area contributed by atoms with Crippen LogP contribution in [0.3, 0.4) is 0 Å². The second kappa shape index (κ2) is 6.38. The molecule has 3 aliphatic rings. The topological polar surface area (TPSA) is 62.3 Å². The lowest BCUT2D eigenvalue weighted by molar-refractivity contribution is -0.137. The maximum Gasteiger partial charge on any atom is 0.228 e. The summed E-state index contributed by atoms with van der Waals surface area (Å²) in [6.07, 6.45) is 5.47. The Balaban J connectivity index is 1.62. The lowest BCUT2D eigenvalue weighted by atomic mass is 9.70. The lowest BCUT2D eigenvalue weighted by Gasteiger charge is -2.36. The summed E-state index contributed by atoms with van der Waals surface area (Å²) in [4.78, 5) is 32.6. The molecule has 1 aliphatic carbocycles. The van der Waals surface area contributed by atoms with Crippen LogP contribution in [-0.4, -0.2) is 40.3 Å². The van der Waals surface area contributed by atoms with Crippen molar-refractivity contribution in [2.45, 2.75) is 64.5 Å². The number of hydrogen-bond donors (Lipinski definition) is 1. The van der Waals surface area contributed by atoms with Gasteiger partial charge >= 0.3 is 0 Å². The van der Waals surface area contributed by atoms with Crippen molar-refractivity contribution >= 4 is 23.2 Å². The van der Waals surface area contributed by atoms with Gasteiger partial charge in [0.25, 0.3) is 0 Å². The molecule has 0 aromatic carbocycles. The quantitative estimate of drug-likeness (QED) is 0.847. The SMILES string of the molecule is CC(C)CNC(=O)[C@@]1(Cc2cscn2)C[C@H]2CC[C@@H]1N2C(=O)C1CC1. The van der Waals surface area contributed by atoms with Crippen LogP contribution in [0, 0.1) is 17.3 Å². The van der Waals surface area contributed by atoms with E-state index in [1.54, 1.807) is 11.3 Å². The van der Waals surface area contributed by atoms with Crippen LogP contribution in [0.2, 0.25) is 0 Å². The molecular weight excluding hydrogens is 334 g/mol. The first-order valence-corrected chi connectivity index (χ1v) is 10.4. The fourth-order valence-electron chi connectivity index (χ4n) is 4.69. The molecule has 2 bridgehead atoms. The minimum atomic E-state index is -0.504. The molecule has 0 radical (unpaired) electrons. The molecule has 2 saturated heterocycles. The van der Waals surface area contributed by atoms with Gasteiger partial charge in [-0.1, -0.05) is 13.8 Å². The molecule has 1 aromatic heterocycles. The van der Waals surface area contributed by atoms with Crippen molar-refractivity contribution in [1.29, 1.82) is 0 Å². The van der Waals surface area contributed by atoms with Gasteiger partial charge in [0.2, 0.25) is 11.8 Å². The Kier molecular flexibility index (Phi) is 4.34. The van der Waals surface area contributed by atoms with E-state index in [4.69, 9.17) is 0 Å². The normalized spacial score (nSPS) is 30.9. The van der Waals surface area contributed by atoms with Crippen LogP contribution in [-0.2, 0) is 16.0 Å². The van der Waals surface area contributed by atoms with Crippen LogP contribution in [0.1, 0.15) is 51.6 Å². The number of aromatic nitrogens is 1. The highest BCUT2D eigenvalue weighted by Gasteiger charge is 2.62. The first-order valence-electron chi connectivity index (χ1n) is 9.49. The van der Waals surface area contributed by atoms with Crippen LogP contribution in [0.15, 0.2) is 10.9 Å². The molecule has 2 amide bonds. The number of fused-ring (bicyclic) bond motifs is 2. The maximum atomic E-state index is 13.3. The van der Waals surface area contributed by atoms with Crippen molar-refractivity contribution in [3.05, 3.63) is 16.6 Å². The van der Waals surface area contributed by atoms with Gasteiger partial charge in [-0.2, -0.15) is 0 Å².